The Hall–Kier alpha value is -2.02. The number of carbonyl (C=O) groups excluding carboxylic acids is 1. The fourth-order valence-corrected chi connectivity index (χ4v) is 4.45. The molecule has 2 heterocycles. The third kappa shape index (κ3) is 5.32. The predicted octanol–water partition coefficient (Wildman–Crippen LogP) is 5.02. The van der Waals surface area contributed by atoms with Gasteiger partial charge in [0.2, 0.25) is 0 Å². The minimum atomic E-state index is -0.254. The molecule has 4 rings (SSSR count). The van der Waals surface area contributed by atoms with Crippen LogP contribution < -0.4 is 10.6 Å². The summed E-state index contributed by atoms with van der Waals surface area (Å²) in [6.07, 6.45) is 2.27. The number of piperidine rings is 1. The van der Waals surface area contributed by atoms with Gasteiger partial charge < -0.3 is 15.1 Å². The van der Waals surface area contributed by atoms with E-state index in [1.54, 1.807) is 23.9 Å². The van der Waals surface area contributed by atoms with Gasteiger partial charge in [-0.05, 0) is 62.2 Å². The number of hydrogen-bond donors (Lipinski definition) is 2. The highest BCUT2D eigenvalue weighted by molar-refractivity contribution is 7.98. The molecule has 1 fully saturated rings. The average Bonchev–Trinajstić information content (AvgIpc) is 3.11. The summed E-state index contributed by atoms with van der Waals surface area (Å²) in [7, 11) is 0. The zero-order chi connectivity index (χ0) is 19.3. The van der Waals surface area contributed by atoms with E-state index >= 15 is 0 Å². The van der Waals surface area contributed by atoms with Crippen molar-refractivity contribution >= 4 is 41.0 Å². The summed E-state index contributed by atoms with van der Waals surface area (Å²) >= 11 is 1.56. The van der Waals surface area contributed by atoms with Crippen molar-refractivity contribution in [3.63, 3.8) is 0 Å². The molecule has 2 aromatic carbocycles. The van der Waals surface area contributed by atoms with Gasteiger partial charge in [-0.15, -0.1) is 24.2 Å². The molecular formula is C22H24ClFN2O2S. The lowest BCUT2D eigenvalue weighted by molar-refractivity contribution is 0.0918. The Morgan fingerprint density at radius 3 is 2.76 bits per heavy atom. The van der Waals surface area contributed by atoms with Crippen molar-refractivity contribution in [2.45, 2.75) is 23.5 Å². The van der Waals surface area contributed by atoms with E-state index in [2.05, 4.69) is 10.6 Å². The molecule has 1 aromatic heterocycles. The second kappa shape index (κ2) is 10.1. The first-order valence-electron chi connectivity index (χ1n) is 9.58. The molecule has 1 aliphatic rings. The van der Waals surface area contributed by atoms with Crippen molar-refractivity contribution in [3.8, 4) is 0 Å². The lowest BCUT2D eigenvalue weighted by Gasteiger charge is -2.22. The lowest BCUT2D eigenvalue weighted by atomic mass is 10.00. The molecule has 1 aliphatic heterocycles. The maximum atomic E-state index is 13.1. The van der Waals surface area contributed by atoms with Crippen LogP contribution in [-0.4, -0.2) is 25.5 Å². The van der Waals surface area contributed by atoms with Gasteiger partial charge in [0.25, 0.3) is 5.91 Å². The number of nitrogens with one attached hydrogen (secondary N) is 2. The third-order valence-electron chi connectivity index (χ3n) is 5.05. The molecule has 0 radical (unpaired) electrons. The van der Waals surface area contributed by atoms with Gasteiger partial charge in [-0.1, -0.05) is 18.2 Å². The molecular weight excluding hydrogens is 411 g/mol. The Bertz CT molecular complexity index is 955. The number of fused-ring (bicyclic) bond motifs is 1. The molecule has 1 atom stereocenters. The number of para-hydroxylation sites is 1. The Labute approximate surface area is 180 Å². The van der Waals surface area contributed by atoms with Crippen molar-refractivity contribution < 1.29 is 13.6 Å². The normalized spacial score (nSPS) is 16.4. The Balaban J connectivity index is 0.00000240. The minimum absolute atomic E-state index is 0. The lowest BCUT2D eigenvalue weighted by Crippen LogP contribution is -2.38. The standard InChI is InChI=1S/C22H23FN2O2S.ClH/c23-16-7-9-17(10-8-16)28-14-19-18-5-1-2-6-20(18)27-21(19)22(26)25-13-15-4-3-11-24-12-15;/h1-2,5-10,15,24H,3-4,11-14H2,(H,25,26);1H. The molecule has 29 heavy (non-hydrogen) atoms. The van der Waals surface area contributed by atoms with Crippen molar-refractivity contribution in [1.82, 2.24) is 10.6 Å². The van der Waals surface area contributed by atoms with Gasteiger partial charge in [0, 0.05) is 28.1 Å². The van der Waals surface area contributed by atoms with E-state index in [1.807, 2.05) is 24.3 Å². The van der Waals surface area contributed by atoms with Crippen LogP contribution in [0.5, 0.6) is 0 Å². The molecule has 1 amide bonds. The summed E-state index contributed by atoms with van der Waals surface area (Å²) in [5.74, 6) is 0.988. The first-order valence-corrected chi connectivity index (χ1v) is 10.6. The molecule has 1 unspecified atom stereocenters. The van der Waals surface area contributed by atoms with Gasteiger partial charge >= 0.3 is 0 Å². The number of furan rings is 1. The van der Waals surface area contributed by atoms with Crippen LogP contribution in [0.2, 0.25) is 0 Å². The van der Waals surface area contributed by atoms with Gasteiger partial charge in [0.05, 0.1) is 0 Å². The highest BCUT2D eigenvalue weighted by Crippen LogP contribution is 2.32. The fraction of sp³-hybridized carbons (Fsp3) is 0.318. The number of hydrogen-bond acceptors (Lipinski definition) is 4. The predicted molar refractivity (Wildman–Crippen MR) is 117 cm³/mol. The van der Waals surface area contributed by atoms with Crippen molar-refractivity contribution in [3.05, 3.63) is 65.7 Å². The Morgan fingerprint density at radius 1 is 1.21 bits per heavy atom. The highest BCUT2D eigenvalue weighted by Gasteiger charge is 2.22. The van der Waals surface area contributed by atoms with Gasteiger partial charge in [0.15, 0.2) is 5.76 Å². The van der Waals surface area contributed by atoms with Crippen LogP contribution in [0.1, 0.15) is 29.0 Å². The molecule has 0 spiro atoms. The van der Waals surface area contributed by atoms with E-state index in [-0.39, 0.29) is 24.1 Å². The quantitative estimate of drug-likeness (QED) is 0.535. The maximum absolute atomic E-state index is 13.1. The van der Waals surface area contributed by atoms with Crippen molar-refractivity contribution in [1.29, 1.82) is 0 Å². The number of thioether (sulfide) groups is 1. The van der Waals surface area contributed by atoms with Crippen LogP contribution in [0, 0.1) is 11.7 Å². The van der Waals surface area contributed by atoms with E-state index in [9.17, 15) is 9.18 Å². The first-order chi connectivity index (χ1) is 13.7. The highest BCUT2D eigenvalue weighted by atomic mass is 35.5. The summed E-state index contributed by atoms with van der Waals surface area (Å²) in [6, 6.07) is 14.1. The molecule has 4 nitrogen and oxygen atoms in total. The van der Waals surface area contributed by atoms with Crippen molar-refractivity contribution in [2.75, 3.05) is 19.6 Å². The summed E-state index contributed by atoms with van der Waals surface area (Å²) in [5, 5.41) is 7.36. The number of halogens is 2. The monoisotopic (exact) mass is 434 g/mol. The molecule has 1 saturated heterocycles. The Kier molecular flexibility index (Phi) is 7.58. The summed E-state index contributed by atoms with van der Waals surface area (Å²) < 4.78 is 19.0. The van der Waals surface area contributed by atoms with Crippen LogP contribution in [0.25, 0.3) is 11.0 Å². The van der Waals surface area contributed by atoms with Gasteiger partial charge in [-0.3, -0.25) is 4.79 Å². The molecule has 0 aliphatic carbocycles. The molecule has 2 N–H and O–H groups in total. The van der Waals surface area contributed by atoms with Crippen LogP contribution in [-0.2, 0) is 5.75 Å². The molecule has 3 aromatic rings. The molecule has 154 valence electrons. The molecule has 7 heteroatoms. The van der Waals surface area contributed by atoms with Gasteiger partial charge in [-0.2, -0.15) is 0 Å². The van der Waals surface area contributed by atoms with E-state index in [4.69, 9.17) is 4.42 Å². The zero-order valence-electron chi connectivity index (χ0n) is 15.9. The minimum Gasteiger partial charge on any atom is -0.451 e. The van der Waals surface area contributed by atoms with E-state index in [1.165, 1.54) is 12.1 Å². The summed E-state index contributed by atoms with van der Waals surface area (Å²) in [6.45, 7) is 2.64. The van der Waals surface area contributed by atoms with Crippen LogP contribution in [0.4, 0.5) is 4.39 Å². The maximum Gasteiger partial charge on any atom is 0.287 e. The van der Waals surface area contributed by atoms with E-state index < -0.39 is 0 Å². The number of benzene rings is 2. The van der Waals surface area contributed by atoms with Gasteiger partial charge in [-0.25, -0.2) is 4.39 Å². The number of rotatable bonds is 6. The van der Waals surface area contributed by atoms with E-state index in [0.29, 0.717) is 29.6 Å². The third-order valence-corrected chi connectivity index (χ3v) is 6.09. The largest absolute Gasteiger partial charge is 0.451 e. The summed E-state index contributed by atoms with van der Waals surface area (Å²) in [5.41, 5.74) is 1.59. The molecule has 0 saturated carbocycles. The van der Waals surface area contributed by atoms with Crippen molar-refractivity contribution in [2.24, 2.45) is 5.92 Å². The number of amides is 1. The van der Waals surface area contributed by atoms with E-state index in [0.717, 1.165) is 41.8 Å². The smallest absolute Gasteiger partial charge is 0.287 e. The topological polar surface area (TPSA) is 54.3 Å². The fourth-order valence-electron chi connectivity index (χ4n) is 3.53. The SMILES string of the molecule is Cl.O=C(NCC1CCCNC1)c1oc2ccccc2c1CSc1ccc(F)cc1. The second-order valence-corrected chi connectivity index (χ2v) is 8.12. The average molecular weight is 435 g/mol. The number of carbonyl (C=O) groups is 1. The Morgan fingerprint density at radius 2 is 2.00 bits per heavy atom. The first kappa shape index (κ1) is 21.7. The second-order valence-electron chi connectivity index (χ2n) is 7.07. The molecule has 0 bridgehead atoms. The van der Waals surface area contributed by atoms with Crippen LogP contribution in [0.15, 0.2) is 57.8 Å². The van der Waals surface area contributed by atoms with Gasteiger partial charge in [0.1, 0.15) is 11.4 Å². The van der Waals surface area contributed by atoms with Crippen LogP contribution >= 0.6 is 24.2 Å². The summed E-state index contributed by atoms with van der Waals surface area (Å²) in [4.78, 5) is 13.8. The zero-order valence-corrected chi connectivity index (χ0v) is 17.6. The van der Waals surface area contributed by atoms with Crippen LogP contribution in [0.3, 0.4) is 0 Å².